The summed E-state index contributed by atoms with van der Waals surface area (Å²) < 4.78 is 5.97. The molecule has 1 N–H and O–H groups in total. The topological polar surface area (TPSA) is 63.6 Å². The van der Waals surface area contributed by atoms with Crippen LogP contribution in [-0.4, -0.2) is 23.1 Å². The molecule has 0 aromatic rings. The molecule has 48 heavy (non-hydrogen) atoms. The van der Waals surface area contributed by atoms with Crippen molar-refractivity contribution in [3.63, 3.8) is 0 Å². The predicted molar refractivity (Wildman–Crippen MR) is 209 cm³/mol. The number of hydrogen-bond acceptors (Lipinski definition) is 3. The second kappa shape index (κ2) is 39.3. The summed E-state index contributed by atoms with van der Waals surface area (Å²) in [5, 5.41) is 8.82. The summed E-state index contributed by atoms with van der Waals surface area (Å²) in [7, 11) is 0. The number of carboxylic acids is 1. The fourth-order valence-corrected chi connectivity index (χ4v) is 6.06. The molecule has 0 aromatic carbocycles. The molecular formula is C44H78O4. The van der Waals surface area contributed by atoms with Crippen LogP contribution in [0, 0.1) is 0 Å². The van der Waals surface area contributed by atoms with Crippen molar-refractivity contribution in [2.24, 2.45) is 0 Å². The molecule has 0 rings (SSSR count). The number of esters is 1. The summed E-state index contributed by atoms with van der Waals surface area (Å²) >= 11 is 0. The lowest BCUT2D eigenvalue weighted by atomic mass is 10.0. The van der Waals surface area contributed by atoms with Crippen LogP contribution in [0.5, 0.6) is 0 Å². The Morgan fingerprint density at radius 1 is 0.479 bits per heavy atom. The van der Waals surface area contributed by atoms with E-state index >= 15 is 0 Å². The quantitative estimate of drug-likeness (QED) is 0.0406. The van der Waals surface area contributed by atoms with E-state index in [2.05, 4.69) is 62.5 Å². The third-order valence-electron chi connectivity index (χ3n) is 9.07. The van der Waals surface area contributed by atoms with Gasteiger partial charge in [-0.1, -0.05) is 184 Å². The summed E-state index contributed by atoms with van der Waals surface area (Å²) in [5.41, 5.74) is 0. The minimum atomic E-state index is -0.711. The monoisotopic (exact) mass is 671 g/mol. The van der Waals surface area contributed by atoms with E-state index in [1.165, 1.54) is 96.3 Å². The molecule has 0 aliphatic carbocycles. The highest BCUT2D eigenvalue weighted by molar-refractivity contribution is 5.69. The SMILES string of the molecule is CC/C=C\C/C=C\C/C=C\C/C=C\CCC(CCCCCCCC(=O)O)OC(=O)CCCCCCCCCCCCCCCCCCC. The molecule has 0 spiro atoms. The normalized spacial score (nSPS) is 12.7. The molecule has 0 heterocycles. The lowest BCUT2D eigenvalue weighted by molar-refractivity contribution is -0.150. The van der Waals surface area contributed by atoms with Gasteiger partial charge in [0.25, 0.3) is 0 Å². The number of rotatable bonds is 37. The van der Waals surface area contributed by atoms with E-state index in [0.717, 1.165) is 89.9 Å². The average Bonchev–Trinajstić information content (AvgIpc) is 3.07. The molecule has 4 heteroatoms. The standard InChI is InChI=1S/C44H78O4/c1-3-5-7-9-11-13-15-17-18-19-20-22-24-26-28-33-37-41-44(47)48-42(39-35-31-29-32-36-40-43(45)46)38-34-30-27-25-23-21-16-14-12-10-8-6-4-2/h6,8,12,14,21,23,27,30,42H,3-5,7,9-11,13,15-20,22,24-26,28-29,31-41H2,1-2H3,(H,45,46)/b8-6-,14-12-,23-21-,30-27-. The molecule has 4 nitrogen and oxygen atoms in total. The smallest absolute Gasteiger partial charge is 0.306 e. The summed E-state index contributed by atoms with van der Waals surface area (Å²) in [4.78, 5) is 23.4. The van der Waals surface area contributed by atoms with Crippen molar-refractivity contribution in [2.75, 3.05) is 0 Å². The molecule has 0 aliphatic rings. The van der Waals surface area contributed by atoms with Gasteiger partial charge in [-0.2, -0.15) is 0 Å². The summed E-state index contributed by atoms with van der Waals surface area (Å²) in [6, 6.07) is 0. The fourth-order valence-electron chi connectivity index (χ4n) is 6.06. The lowest BCUT2D eigenvalue weighted by Crippen LogP contribution is -2.18. The maximum Gasteiger partial charge on any atom is 0.306 e. The van der Waals surface area contributed by atoms with Gasteiger partial charge in [0.15, 0.2) is 0 Å². The second-order valence-electron chi connectivity index (χ2n) is 13.8. The van der Waals surface area contributed by atoms with Gasteiger partial charge in [-0.3, -0.25) is 9.59 Å². The molecule has 0 saturated heterocycles. The number of carbonyl (C=O) groups excluding carboxylic acids is 1. The van der Waals surface area contributed by atoms with Gasteiger partial charge in [-0.15, -0.1) is 0 Å². The molecular weight excluding hydrogens is 592 g/mol. The zero-order valence-electron chi connectivity index (χ0n) is 31.8. The van der Waals surface area contributed by atoms with Gasteiger partial charge in [0.1, 0.15) is 6.10 Å². The number of carboxylic acid groups (broad SMARTS) is 1. The van der Waals surface area contributed by atoms with Crippen molar-refractivity contribution >= 4 is 11.9 Å². The van der Waals surface area contributed by atoms with E-state index in [1.807, 2.05) is 0 Å². The summed E-state index contributed by atoms with van der Waals surface area (Å²) in [6.07, 6.45) is 52.8. The molecule has 0 bridgehead atoms. The Balaban J connectivity index is 4.09. The maximum atomic E-state index is 12.7. The Labute approximate surface area is 298 Å². The number of hydrogen-bond donors (Lipinski definition) is 1. The summed E-state index contributed by atoms with van der Waals surface area (Å²) in [5.74, 6) is -0.745. The van der Waals surface area contributed by atoms with Crippen molar-refractivity contribution in [3.05, 3.63) is 48.6 Å². The van der Waals surface area contributed by atoms with Gasteiger partial charge in [-0.05, 0) is 64.2 Å². The lowest BCUT2D eigenvalue weighted by Gasteiger charge is -2.17. The zero-order valence-corrected chi connectivity index (χ0v) is 31.8. The van der Waals surface area contributed by atoms with Crippen LogP contribution in [0.2, 0.25) is 0 Å². The zero-order chi connectivity index (χ0) is 35.0. The number of carbonyl (C=O) groups is 2. The maximum absolute atomic E-state index is 12.7. The van der Waals surface area contributed by atoms with Crippen molar-refractivity contribution in [1.29, 1.82) is 0 Å². The molecule has 0 saturated carbocycles. The number of ether oxygens (including phenoxy) is 1. The third-order valence-corrected chi connectivity index (χ3v) is 9.07. The van der Waals surface area contributed by atoms with Crippen LogP contribution < -0.4 is 0 Å². The molecule has 1 unspecified atom stereocenters. The molecule has 0 amide bonds. The Bertz CT molecular complexity index is 809. The van der Waals surface area contributed by atoms with Crippen LogP contribution in [0.15, 0.2) is 48.6 Å². The molecule has 0 radical (unpaired) electrons. The molecule has 0 aliphatic heterocycles. The van der Waals surface area contributed by atoms with E-state index in [-0.39, 0.29) is 18.5 Å². The van der Waals surface area contributed by atoms with Gasteiger partial charge in [0.05, 0.1) is 0 Å². The molecule has 278 valence electrons. The van der Waals surface area contributed by atoms with Gasteiger partial charge in [0, 0.05) is 12.8 Å². The second-order valence-corrected chi connectivity index (χ2v) is 13.8. The van der Waals surface area contributed by atoms with Crippen molar-refractivity contribution in [1.82, 2.24) is 0 Å². The highest BCUT2D eigenvalue weighted by Gasteiger charge is 2.13. The minimum absolute atomic E-state index is 0.0191. The van der Waals surface area contributed by atoms with Crippen LogP contribution in [0.25, 0.3) is 0 Å². The highest BCUT2D eigenvalue weighted by Crippen LogP contribution is 2.18. The first-order valence-corrected chi connectivity index (χ1v) is 20.6. The van der Waals surface area contributed by atoms with Crippen molar-refractivity contribution in [2.45, 2.75) is 219 Å². The van der Waals surface area contributed by atoms with Crippen LogP contribution in [-0.2, 0) is 14.3 Å². The fraction of sp³-hybridized carbons (Fsp3) is 0.773. The third kappa shape index (κ3) is 38.3. The number of aliphatic carboxylic acids is 1. The van der Waals surface area contributed by atoms with Gasteiger partial charge < -0.3 is 9.84 Å². The number of allylic oxidation sites excluding steroid dienone is 8. The summed E-state index contributed by atoms with van der Waals surface area (Å²) in [6.45, 7) is 4.44. The van der Waals surface area contributed by atoms with Crippen LogP contribution in [0.4, 0.5) is 0 Å². The average molecular weight is 671 g/mol. The van der Waals surface area contributed by atoms with E-state index in [4.69, 9.17) is 9.84 Å². The van der Waals surface area contributed by atoms with E-state index in [9.17, 15) is 9.59 Å². The van der Waals surface area contributed by atoms with Gasteiger partial charge in [0.2, 0.25) is 0 Å². The Morgan fingerprint density at radius 3 is 1.33 bits per heavy atom. The van der Waals surface area contributed by atoms with E-state index in [1.54, 1.807) is 0 Å². The first-order valence-electron chi connectivity index (χ1n) is 20.6. The van der Waals surface area contributed by atoms with E-state index < -0.39 is 5.97 Å². The van der Waals surface area contributed by atoms with Crippen LogP contribution >= 0.6 is 0 Å². The molecule has 0 aromatic heterocycles. The van der Waals surface area contributed by atoms with Gasteiger partial charge >= 0.3 is 11.9 Å². The minimum Gasteiger partial charge on any atom is -0.481 e. The van der Waals surface area contributed by atoms with Crippen molar-refractivity contribution in [3.8, 4) is 0 Å². The number of unbranched alkanes of at least 4 members (excludes halogenated alkanes) is 20. The Kier molecular flexibility index (Phi) is 37.6. The Hall–Kier alpha value is -2.10. The largest absolute Gasteiger partial charge is 0.481 e. The first kappa shape index (κ1) is 45.9. The van der Waals surface area contributed by atoms with Crippen LogP contribution in [0.3, 0.4) is 0 Å². The van der Waals surface area contributed by atoms with Crippen molar-refractivity contribution < 1.29 is 19.4 Å². The van der Waals surface area contributed by atoms with Crippen LogP contribution in [0.1, 0.15) is 213 Å². The highest BCUT2D eigenvalue weighted by atomic mass is 16.5. The Morgan fingerprint density at radius 2 is 0.875 bits per heavy atom. The first-order chi connectivity index (χ1) is 23.6. The molecule has 0 fully saturated rings. The van der Waals surface area contributed by atoms with Gasteiger partial charge in [-0.25, -0.2) is 0 Å². The van der Waals surface area contributed by atoms with E-state index in [0.29, 0.717) is 6.42 Å². The molecule has 1 atom stereocenters. The predicted octanol–water partition coefficient (Wildman–Crippen LogP) is 14.3.